The fourth-order valence-electron chi connectivity index (χ4n) is 1.22. The van der Waals surface area contributed by atoms with Crippen LogP contribution in [-0.4, -0.2) is 25.7 Å². The van der Waals surface area contributed by atoms with Gasteiger partial charge in [0.2, 0.25) is 0 Å². The predicted octanol–water partition coefficient (Wildman–Crippen LogP) is 1.61. The first-order valence-corrected chi connectivity index (χ1v) is 4.97. The molecule has 0 amide bonds. The maximum Gasteiger partial charge on any atom is 0.338 e. The first-order valence-electron chi connectivity index (χ1n) is 4.97. The van der Waals surface area contributed by atoms with Crippen LogP contribution in [0.1, 0.15) is 17.3 Å². The molecule has 0 aromatic heterocycles. The predicted molar refractivity (Wildman–Crippen MR) is 59.9 cm³/mol. The molecule has 0 aliphatic heterocycles. The summed E-state index contributed by atoms with van der Waals surface area (Å²) in [6.07, 6.45) is 0. The smallest absolute Gasteiger partial charge is 0.338 e. The average Bonchev–Trinajstić information content (AvgIpc) is 2.29. The van der Waals surface area contributed by atoms with Crippen molar-refractivity contribution in [3.8, 4) is 11.5 Å². The Labute approximate surface area is 99.3 Å². The Balaban J connectivity index is 2.99. The molecule has 0 aliphatic carbocycles. The Morgan fingerprint density at radius 1 is 1.29 bits per heavy atom. The van der Waals surface area contributed by atoms with E-state index in [1.807, 2.05) is 0 Å². The Bertz CT molecular complexity index is 425. The molecule has 0 saturated carbocycles. The minimum atomic E-state index is -0.702. The number of benzene rings is 1. The highest BCUT2D eigenvalue weighted by Crippen LogP contribution is 2.28. The molecule has 1 aromatic rings. The number of methoxy groups -OCH3 is 1. The second-order valence-electron chi connectivity index (χ2n) is 3.06. The maximum absolute atomic E-state index is 11.4. The third-order valence-corrected chi connectivity index (χ3v) is 1.90. The van der Waals surface area contributed by atoms with E-state index in [-0.39, 0.29) is 18.1 Å². The van der Waals surface area contributed by atoms with E-state index < -0.39 is 11.9 Å². The number of carbonyl (C=O) groups excluding carboxylic acids is 2. The van der Waals surface area contributed by atoms with Gasteiger partial charge in [0, 0.05) is 0 Å². The first-order chi connectivity index (χ1) is 8.08. The van der Waals surface area contributed by atoms with Crippen LogP contribution in [-0.2, 0) is 9.53 Å². The zero-order valence-electron chi connectivity index (χ0n) is 9.69. The second-order valence-corrected chi connectivity index (χ2v) is 3.06. The van der Waals surface area contributed by atoms with Crippen LogP contribution in [0.2, 0.25) is 0 Å². The molecular weight excluding hydrogens is 224 g/mol. The van der Waals surface area contributed by atoms with Gasteiger partial charge in [-0.05, 0) is 25.1 Å². The number of carbonyl (C=O) groups is 2. The van der Waals surface area contributed by atoms with E-state index in [1.54, 1.807) is 6.92 Å². The van der Waals surface area contributed by atoms with Crippen molar-refractivity contribution in [2.24, 2.45) is 0 Å². The molecule has 0 unspecified atom stereocenters. The molecule has 0 bridgehead atoms. The summed E-state index contributed by atoms with van der Waals surface area (Å²) in [5.74, 6) is -0.682. The summed E-state index contributed by atoms with van der Waals surface area (Å²) in [5, 5.41) is 0. The maximum atomic E-state index is 11.4. The van der Waals surface area contributed by atoms with Crippen LogP contribution in [0.5, 0.6) is 11.5 Å². The minimum absolute atomic E-state index is 0.209. The Hall–Kier alpha value is -2.04. The van der Waals surface area contributed by atoms with Crippen molar-refractivity contribution in [1.82, 2.24) is 0 Å². The number of esters is 2. The fourth-order valence-corrected chi connectivity index (χ4v) is 1.22. The molecule has 91 valence electrons. The molecule has 17 heavy (non-hydrogen) atoms. The van der Waals surface area contributed by atoms with Gasteiger partial charge in [0.1, 0.15) is 0 Å². The number of rotatable bonds is 4. The average molecular weight is 237 g/mol. The molecule has 0 aliphatic rings. The lowest BCUT2D eigenvalue weighted by Gasteiger charge is -2.09. The van der Waals surface area contributed by atoms with Gasteiger partial charge in [0.25, 0.3) is 0 Å². The summed E-state index contributed by atoms with van der Waals surface area (Å²) in [6.45, 7) is 5.09. The van der Waals surface area contributed by atoms with Crippen LogP contribution in [0.15, 0.2) is 18.2 Å². The van der Waals surface area contributed by atoms with Crippen molar-refractivity contribution in [3.05, 3.63) is 30.7 Å². The van der Waals surface area contributed by atoms with Gasteiger partial charge in [0.05, 0.1) is 26.2 Å². The number of ether oxygens (including phenoxy) is 3. The standard InChI is InChI=1S/C12H13O5/c1-4-16-12(14)9-5-6-10(17-8(2)13)11(7-9)15-3/h5-7H,2,4H2,1,3H3. The van der Waals surface area contributed by atoms with Gasteiger partial charge in [-0.15, -0.1) is 0 Å². The van der Waals surface area contributed by atoms with Crippen LogP contribution < -0.4 is 9.47 Å². The zero-order chi connectivity index (χ0) is 12.8. The van der Waals surface area contributed by atoms with Crippen molar-refractivity contribution in [3.63, 3.8) is 0 Å². The summed E-state index contributed by atoms with van der Waals surface area (Å²) >= 11 is 0. The van der Waals surface area contributed by atoms with Crippen LogP contribution in [0.4, 0.5) is 0 Å². The summed E-state index contributed by atoms with van der Waals surface area (Å²) in [6, 6.07) is 4.38. The van der Waals surface area contributed by atoms with Crippen molar-refractivity contribution >= 4 is 11.9 Å². The van der Waals surface area contributed by atoms with E-state index in [9.17, 15) is 9.59 Å². The van der Waals surface area contributed by atoms with Crippen LogP contribution in [0, 0.1) is 6.92 Å². The van der Waals surface area contributed by atoms with Crippen LogP contribution >= 0.6 is 0 Å². The lowest BCUT2D eigenvalue weighted by Crippen LogP contribution is -2.07. The monoisotopic (exact) mass is 237 g/mol. The van der Waals surface area contributed by atoms with Crippen molar-refractivity contribution in [2.75, 3.05) is 13.7 Å². The first kappa shape index (κ1) is 13.0. The van der Waals surface area contributed by atoms with Gasteiger partial charge in [-0.1, -0.05) is 0 Å². The summed E-state index contributed by atoms with van der Waals surface area (Å²) < 4.78 is 14.6. The van der Waals surface area contributed by atoms with Gasteiger partial charge in [-0.25, -0.2) is 4.79 Å². The molecule has 1 radical (unpaired) electrons. The van der Waals surface area contributed by atoms with Crippen molar-refractivity contribution in [1.29, 1.82) is 0 Å². The van der Waals surface area contributed by atoms with E-state index in [4.69, 9.17) is 14.2 Å². The molecule has 5 heteroatoms. The van der Waals surface area contributed by atoms with E-state index in [0.29, 0.717) is 5.56 Å². The Morgan fingerprint density at radius 2 is 2.00 bits per heavy atom. The Morgan fingerprint density at radius 3 is 2.53 bits per heavy atom. The van der Waals surface area contributed by atoms with Gasteiger partial charge in [-0.3, -0.25) is 4.79 Å². The lowest BCUT2D eigenvalue weighted by atomic mass is 10.2. The third kappa shape index (κ3) is 3.48. The molecule has 1 aromatic carbocycles. The molecule has 0 heterocycles. The van der Waals surface area contributed by atoms with Gasteiger partial charge < -0.3 is 14.2 Å². The molecule has 5 nitrogen and oxygen atoms in total. The molecule has 0 spiro atoms. The lowest BCUT2D eigenvalue weighted by molar-refractivity contribution is -0.129. The largest absolute Gasteiger partial charge is 0.493 e. The zero-order valence-corrected chi connectivity index (χ0v) is 9.69. The Kier molecular flexibility index (Phi) is 4.51. The van der Waals surface area contributed by atoms with E-state index in [2.05, 4.69) is 6.92 Å². The topological polar surface area (TPSA) is 61.8 Å². The van der Waals surface area contributed by atoms with Crippen molar-refractivity contribution < 1.29 is 23.8 Å². The highest BCUT2D eigenvalue weighted by molar-refractivity contribution is 5.90. The fraction of sp³-hybridized carbons (Fsp3) is 0.250. The minimum Gasteiger partial charge on any atom is -0.493 e. The molecule has 0 N–H and O–H groups in total. The second kappa shape index (κ2) is 5.89. The highest BCUT2D eigenvalue weighted by atomic mass is 16.6. The third-order valence-electron chi connectivity index (χ3n) is 1.90. The quantitative estimate of drug-likeness (QED) is 0.588. The summed E-state index contributed by atoms with van der Waals surface area (Å²) in [7, 11) is 1.41. The van der Waals surface area contributed by atoms with Crippen molar-refractivity contribution in [2.45, 2.75) is 6.92 Å². The van der Waals surface area contributed by atoms with Gasteiger partial charge in [0.15, 0.2) is 11.5 Å². The van der Waals surface area contributed by atoms with E-state index in [1.165, 1.54) is 25.3 Å². The molecule has 1 rings (SSSR count). The van der Waals surface area contributed by atoms with Crippen LogP contribution in [0.25, 0.3) is 0 Å². The van der Waals surface area contributed by atoms with Gasteiger partial charge >= 0.3 is 11.9 Å². The van der Waals surface area contributed by atoms with E-state index in [0.717, 1.165) is 0 Å². The number of hydrogen-bond acceptors (Lipinski definition) is 5. The molecular formula is C12H13O5. The summed E-state index contributed by atoms with van der Waals surface area (Å²) in [5.41, 5.74) is 0.326. The molecule has 0 fully saturated rings. The van der Waals surface area contributed by atoms with E-state index >= 15 is 0 Å². The summed E-state index contributed by atoms with van der Waals surface area (Å²) in [4.78, 5) is 22.2. The van der Waals surface area contributed by atoms with Crippen LogP contribution in [0.3, 0.4) is 0 Å². The van der Waals surface area contributed by atoms with Gasteiger partial charge in [-0.2, -0.15) is 0 Å². The SMILES string of the molecule is [CH2]C(=O)Oc1ccc(C(=O)OCC)cc1OC. The highest BCUT2D eigenvalue weighted by Gasteiger charge is 2.12. The number of hydrogen-bond donors (Lipinski definition) is 0. The normalized spacial score (nSPS) is 9.59. The molecule has 0 atom stereocenters. The molecule has 0 saturated heterocycles.